The van der Waals surface area contributed by atoms with Gasteiger partial charge in [-0.2, -0.15) is 0 Å². The molecule has 1 aliphatic rings. The number of ether oxygens (including phenoxy) is 1. The van der Waals surface area contributed by atoms with Gasteiger partial charge < -0.3 is 9.26 Å². The molecule has 0 N–H and O–H groups in total. The second-order valence-electron chi connectivity index (χ2n) is 6.75. The Bertz CT molecular complexity index is 688. The first-order valence-corrected chi connectivity index (χ1v) is 8.72. The molecule has 124 valence electrons. The summed E-state index contributed by atoms with van der Waals surface area (Å²) in [5, 5.41) is 10.5. The van der Waals surface area contributed by atoms with Gasteiger partial charge in [0.1, 0.15) is 5.69 Å². The van der Waals surface area contributed by atoms with Crippen LogP contribution in [0.15, 0.2) is 9.90 Å². The first kappa shape index (κ1) is 16.1. The zero-order valence-corrected chi connectivity index (χ0v) is 14.5. The van der Waals surface area contributed by atoms with Crippen molar-refractivity contribution in [3.63, 3.8) is 0 Å². The van der Waals surface area contributed by atoms with Crippen molar-refractivity contribution < 1.29 is 14.1 Å². The summed E-state index contributed by atoms with van der Waals surface area (Å²) in [5.41, 5.74) is 1.06. The zero-order chi connectivity index (χ0) is 16.4. The Kier molecular flexibility index (Phi) is 4.48. The highest BCUT2D eigenvalue weighted by atomic mass is 32.1. The van der Waals surface area contributed by atoms with E-state index in [2.05, 4.69) is 20.7 Å². The average Bonchev–Trinajstić information content (AvgIpc) is 3.10. The van der Waals surface area contributed by atoms with Gasteiger partial charge in [-0.1, -0.05) is 19.3 Å². The van der Waals surface area contributed by atoms with Crippen LogP contribution in [0.25, 0.3) is 10.8 Å². The Morgan fingerprint density at radius 1 is 1.48 bits per heavy atom. The van der Waals surface area contributed by atoms with Crippen LogP contribution in [0.3, 0.4) is 0 Å². The van der Waals surface area contributed by atoms with Crippen molar-refractivity contribution in [2.24, 2.45) is 11.3 Å². The molecule has 0 bridgehead atoms. The molecule has 23 heavy (non-hydrogen) atoms. The number of methoxy groups -OCH3 is 1. The van der Waals surface area contributed by atoms with E-state index in [-0.39, 0.29) is 5.97 Å². The number of aromatic nitrogens is 3. The van der Waals surface area contributed by atoms with Gasteiger partial charge in [-0.05, 0) is 26.2 Å². The average molecular weight is 335 g/mol. The molecule has 6 nitrogen and oxygen atoms in total. The fourth-order valence-corrected chi connectivity index (χ4v) is 3.58. The molecule has 3 rings (SSSR count). The maximum atomic E-state index is 11.9. The lowest BCUT2D eigenvalue weighted by molar-refractivity contribution is -0.150. The highest BCUT2D eigenvalue weighted by Crippen LogP contribution is 2.34. The molecule has 2 aromatic rings. The monoisotopic (exact) mass is 335 g/mol. The van der Waals surface area contributed by atoms with E-state index in [4.69, 9.17) is 9.26 Å². The van der Waals surface area contributed by atoms with E-state index in [1.807, 2.05) is 13.8 Å². The van der Waals surface area contributed by atoms with E-state index in [1.165, 1.54) is 37.7 Å². The lowest BCUT2D eigenvalue weighted by Gasteiger charge is -2.24. The number of hydrogen-bond acceptors (Lipinski definition) is 7. The third-order valence-corrected chi connectivity index (χ3v) is 5.26. The van der Waals surface area contributed by atoms with Gasteiger partial charge in [-0.25, -0.2) is 4.98 Å². The van der Waals surface area contributed by atoms with Crippen molar-refractivity contribution in [2.75, 3.05) is 7.11 Å². The molecule has 2 heterocycles. The summed E-state index contributed by atoms with van der Waals surface area (Å²) in [5.74, 6) is 1.05. The van der Waals surface area contributed by atoms with Crippen molar-refractivity contribution in [1.82, 2.24) is 15.4 Å². The maximum Gasteiger partial charge on any atom is 0.311 e. The van der Waals surface area contributed by atoms with E-state index in [1.54, 1.807) is 0 Å². The highest BCUT2D eigenvalue weighted by Gasteiger charge is 2.32. The molecular formula is C16H21N3O3S. The molecule has 7 heteroatoms. The van der Waals surface area contributed by atoms with E-state index in [9.17, 15) is 4.79 Å². The van der Waals surface area contributed by atoms with Crippen LogP contribution >= 0.6 is 11.3 Å². The molecule has 0 atom stereocenters. The van der Waals surface area contributed by atoms with Crippen LogP contribution in [0.5, 0.6) is 0 Å². The smallest absolute Gasteiger partial charge is 0.311 e. The number of esters is 1. The van der Waals surface area contributed by atoms with Crippen LogP contribution in [0.4, 0.5) is 0 Å². The van der Waals surface area contributed by atoms with Crippen LogP contribution in [-0.2, 0) is 22.4 Å². The van der Waals surface area contributed by atoms with Crippen LogP contribution in [0, 0.1) is 11.3 Å². The largest absolute Gasteiger partial charge is 0.469 e. The Morgan fingerprint density at radius 2 is 2.26 bits per heavy atom. The predicted molar refractivity (Wildman–Crippen MR) is 86.0 cm³/mol. The van der Waals surface area contributed by atoms with Crippen molar-refractivity contribution in [1.29, 1.82) is 0 Å². The summed E-state index contributed by atoms with van der Waals surface area (Å²) in [6, 6.07) is 0. The van der Waals surface area contributed by atoms with Crippen LogP contribution in [0.2, 0.25) is 0 Å². The van der Waals surface area contributed by atoms with Crippen molar-refractivity contribution >= 4 is 17.3 Å². The molecule has 1 aliphatic carbocycles. The van der Waals surface area contributed by atoms with Gasteiger partial charge >= 0.3 is 5.97 Å². The Morgan fingerprint density at radius 3 is 2.91 bits per heavy atom. The summed E-state index contributed by atoms with van der Waals surface area (Å²) in [6.45, 7) is 3.64. The fourth-order valence-electron chi connectivity index (χ4n) is 2.75. The molecule has 0 unspecified atom stereocenters. The number of thiazole rings is 1. The van der Waals surface area contributed by atoms with Gasteiger partial charge in [0.25, 0.3) is 0 Å². The Labute approximate surface area is 139 Å². The Hall–Kier alpha value is -1.76. The number of nitrogens with zero attached hydrogens (tertiary/aromatic N) is 3. The van der Waals surface area contributed by atoms with Gasteiger partial charge in [0.15, 0.2) is 5.01 Å². The van der Waals surface area contributed by atoms with Crippen LogP contribution in [0.1, 0.15) is 44.5 Å². The number of hydrogen-bond donors (Lipinski definition) is 0. The molecule has 0 aliphatic heterocycles. The normalized spacial score (nSPS) is 15.4. The molecular weight excluding hydrogens is 314 g/mol. The molecule has 0 aromatic carbocycles. The standard InChI is InChI=1S/C16H21N3O3S/c1-16(2,15(20)21-3)8-12-13(22-19-18-12)14-17-11(9-23-14)7-10-5-4-6-10/h9-10H,4-8H2,1-3H3. The third kappa shape index (κ3) is 3.44. The van der Waals surface area contributed by atoms with Crippen molar-refractivity contribution in [3.8, 4) is 10.8 Å². The summed E-state index contributed by atoms with van der Waals surface area (Å²) >= 11 is 1.54. The van der Waals surface area contributed by atoms with Gasteiger partial charge in [0.2, 0.25) is 5.76 Å². The summed E-state index contributed by atoms with van der Waals surface area (Å²) in [6.07, 6.45) is 5.36. The number of carbonyl (C=O) groups excluding carboxylic acids is 1. The molecule has 1 fully saturated rings. The lowest BCUT2D eigenvalue weighted by atomic mass is 9.82. The third-order valence-electron chi connectivity index (χ3n) is 4.37. The van der Waals surface area contributed by atoms with E-state index in [0.29, 0.717) is 17.9 Å². The van der Waals surface area contributed by atoms with Crippen LogP contribution in [-0.4, -0.2) is 28.4 Å². The van der Waals surface area contributed by atoms with Crippen molar-refractivity contribution in [3.05, 3.63) is 16.8 Å². The zero-order valence-electron chi connectivity index (χ0n) is 13.7. The van der Waals surface area contributed by atoms with Gasteiger partial charge in [-0.15, -0.1) is 16.4 Å². The van der Waals surface area contributed by atoms with Crippen LogP contribution < -0.4 is 0 Å². The first-order valence-electron chi connectivity index (χ1n) is 7.84. The number of rotatable bonds is 6. The van der Waals surface area contributed by atoms with Gasteiger partial charge in [0.05, 0.1) is 18.2 Å². The predicted octanol–water partition coefficient (Wildman–Crippen LogP) is 3.28. The van der Waals surface area contributed by atoms with E-state index in [0.717, 1.165) is 23.0 Å². The summed E-state index contributed by atoms with van der Waals surface area (Å²) in [4.78, 5) is 16.5. The highest BCUT2D eigenvalue weighted by molar-refractivity contribution is 7.13. The molecule has 0 saturated heterocycles. The second-order valence-corrected chi connectivity index (χ2v) is 7.60. The van der Waals surface area contributed by atoms with Gasteiger partial charge in [0, 0.05) is 17.1 Å². The first-order chi connectivity index (χ1) is 11.0. The van der Waals surface area contributed by atoms with E-state index < -0.39 is 5.41 Å². The Balaban J connectivity index is 1.76. The summed E-state index contributed by atoms with van der Waals surface area (Å²) < 4.78 is 10.1. The molecule has 0 radical (unpaired) electrons. The number of carbonyl (C=O) groups is 1. The summed E-state index contributed by atoms with van der Waals surface area (Å²) in [7, 11) is 1.39. The molecule has 0 amide bonds. The fraction of sp³-hybridized carbons (Fsp3) is 0.625. The SMILES string of the molecule is COC(=O)C(C)(C)Cc1nnoc1-c1nc(CC2CCC2)cs1. The maximum absolute atomic E-state index is 11.9. The quantitative estimate of drug-likeness (QED) is 0.754. The lowest BCUT2D eigenvalue weighted by Crippen LogP contribution is -2.28. The minimum Gasteiger partial charge on any atom is -0.469 e. The molecule has 0 spiro atoms. The minimum atomic E-state index is -0.686. The van der Waals surface area contributed by atoms with E-state index >= 15 is 0 Å². The molecule has 2 aromatic heterocycles. The topological polar surface area (TPSA) is 78.1 Å². The minimum absolute atomic E-state index is 0.281. The molecule has 1 saturated carbocycles. The van der Waals surface area contributed by atoms with Gasteiger partial charge in [-0.3, -0.25) is 4.79 Å². The second kappa shape index (κ2) is 6.39. The van der Waals surface area contributed by atoms with Crippen molar-refractivity contribution in [2.45, 2.75) is 46.0 Å².